The van der Waals surface area contributed by atoms with E-state index in [0.29, 0.717) is 24.4 Å². The second kappa shape index (κ2) is 9.33. The Balaban J connectivity index is 1.18. The Hall–Kier alpha value is -1.22. The van der Waals surface area contributed by atoms with E-state index in [1.54, 1.807) is 0 Å². The first-order chi connectivity index (χ1) is 15.1. The number of fused-ring (bicyclic) bond motifs is 2. The maximum Gasteiger partial charge on any atom is 0.241 e. The molecule has 4 heterocycles. The van der Waals surface area contributed by atoms with Crippen LogP contribution in [0.25, 0.3) is 0 Å². The lowest BCUT2D eigenvalue weighted by molar-refractivity contribution is -0.138. The molecular formula is C23H40N6O2. The summed E-state index contributed by atoms with van der Waals surface area (Å²) < 4.78 is 0. The third kappa shape index (κ3) is 4.49. The fourth-order valence-corrected chi connectivity index (χ4v) is 6.76. The summed E-state index contributed by atoms with van der Waals surface area (Å²) in [6, 6.07) is 0.535. The van der Waals surface area contributed by atoms with Crippen LogP contribution in [0.2, 0.25) is 0 Å². The second-order valence-corrected chi connectivity index (χ2v) is 10.6. The lowest BCUT2D eigenvalue weighted by atomic mass is 9.84. The summed E-state index contributed by atoms with van der Waals surface area (Å²) in [5.74, 6) is 1.82. The van der Waals surface area contributed by atoms with Gasteiger partial charge in [-0.1, -0.05) is 12.8 Å². The molecule has 1 aliphatic carbocycles. The number of amides is 2. The van der Waals surface area contributed by atoms with Gasteiger partial charge in [-0.15, -0.1) is 0 Å². The van der Waals surface area contributed by atoms with Gasteiger partial charge in [-0.05, 0) is 63.5 Å². The number of hydrogen-bond acceptors (Lipinski definition) is 6. The standard InChI is InChI=1S/C23H40N6O2/c1-28(13-15-6-9-24-10-7-15)23(31)21-17-14-29(11-8-19(17)26-27-21)22(30)20-12-16-4-2-3-5-18(16)25-20/h15-21,24-27H,2-14H2,1H3. The highest BCUT2D eigenvalue weighted by molar-refractivity contribution is 5.84. The molecule has 0 bridgehead atoms. The van der Waals surface area contributed by atoms with Crippen molar-refractivity contribution in [3.63, 3.8) is 0 Å². The molecule has 8 heteroatoms. The van der Waals surface area contributed by atoms with Crippen molar-refractivity contribution in [2.45, 2.75) is 75.5 Å². The lowest BCUT2D eigenvalue weighted by Crippen LogP contribution is -2.55. The third-order valence-electron chi connectivity index (χ3n) is 8.62. The van der Waals surface area contributed by atoms with Crippen molar-refractivity contribution in [2.24, 2.45) is 17.8 Å². The third-order valence-corrected chi connectivity index (χ3v) is 8.62. The largest absolute Gasteiger partial charge is 0.344 e. The predicted octanol–water partition coefficient (Wildman–Crippen LogP) is 0.0586. The number of nitrogens with one attached hydrogen (secondary N) is 4. The van der Waals surface area contributed by atoms with E-state index in [1.165, 1.54) is 25.7 Å². The molecule has 8 nitrogen and oxygen atoms in total. The van der Waals surface area contributed by atoms with Crippen molar-refractivity contribution < 1.29 is 9.59 Å². The van der Waals surface area contributed by atoms with Crippen LogP contribution in [-0.2, 0) is 9.59 Å². The van der Waals surface area contributed by atoms with Gasteiger partial charge in [0.05, 0.1) is 6.04 Å². The zero-order chi connectivity index (χ0) is 21.4. The molecule has 4 saturated heterocycles. The molecule has 5 aliphatic rings. The van der Waals surface area contributed by atoms with Gasteiger partial charge in [0, 0.05) is 44.7 Å². The molecule has 0 aromatic carbocycles. The van der Waals surface area contributed by atoms with Crippen LogP contribution in [0.3, 0.4) is 0 Å². The molecule has 4 N–H and O–H groups in total. The summed E-state index contributed by atoms with van der Waals surface area (Å²) in [4.78, 5) is 30.6. The Labute approximate surface area is 186 Å². The zero-order valence-electron chi connectivity index (χ0n) is 18.9. The van der Waals surface area contributed by atoms with Crippen LogP contribution in [0, 0.1) is 17.8 Å². The van der Waals surface area contributed by atoms with Crippen molar-refractivity contribution in [3.05, 3.63) is 0 Å². The maximum absolute atomic E-state index is 13.3. The Bertz CT molecular complexity index is 654. The molecule has 5 rings (SSSR count). The SMILES string of the molecule is CN(CC1CCNCC1)C(=O)C1NNC2CCN(C(=O)C3CC4CCCCC4N3)CC21. The highest BCUT2D eigenvalue weighted by atomic mass is 16.2. The molecule has 0 aromatic rings. The van der Waals surface area contributed by atoms with Crippen LogP contribution in [0.15, 0.2) is 0 Å². The topological polar surface area (TPSA) is 88.7 Å². The van der Waals surface area contributed by atoms with E-state index >= 15 is 0 Å². The molecule has 174 valence electrons. The van der Waals surface area contributed by atoms with E-state index < -0.39 is 0 Å². The number of likely N-dealkylation sites (tertiary alicyclic amines) is 1. The van der Waals surface area contributed by atoms with Crippen molar-refractivity contribution in [1.29, 1.82) is 0 Å². The quantitative estimate of drug-likeness (QED) is 0.503. The Morgan fingerprint density at radius 2 is 1.81 bits per heavy atom. The molecule has 1 saturated carbocycles. The van der Waals surface area contributed by atoms with E-state index in [-0.39, 0.29) is 35.9 Å². The molecule has 5 fully saturated rings. The summed E-state index contributed by atoms with van der Waals surface area (Å²) in [6.45, 7) is 4.39. The molecule has 6 atom stereocenters. The highest BCUT2D eigenvalue weighted by Gasteiger charge is 2.47. The van der Waals surface area contributed by atoms with Gasteiger partial charge in [0.1, 0.15) is 6.04 Å². The van der Waals surface area contributed by atoms with Crippen molar-refractivity contribution >= 4 is 11.8 Å². The molecular weight excluding hydrogens is 392 g/mol. The van der Waals surface area contributed by atoms with E-state index in [9.17, 15) is 9.59 Å². The number of carbonyl (C=O) groups is 2. The van der Waals surface area contributed by atoms with E-state index in [4.69, 9.17) is 0 Å². The highest BCUT2D eigenvalue weighted by Crippen LogP contribution is 2.34. The molecule has 6 unspecified atom stereocenters. The first-order valence-electron chi connectivity index (χ1n) is 12.6. The van der Waals surface area contributed by atoms with Crippen LogP contribution in [-0.4, -0.2) is 85.6 Å². The van der Waals surface area contributed by atoms with Crippen LogP contribution in [0.5, 0.6) is 0 Å². The fourth-order valence-electron chi connectivity index (χ4n) is 6.76. The summed E-state index contributed by atoms with van der Waals surface area (Å²) in [6.07, 6.45) is 9.25. The molecule has 0 radical (unpaired) electrons. The summed E-state index contributed by atoms with van der Waals surface area (Å²) in [7, 11) is 1.94. The maximum atomic E-state index is 13.3. The molecule has 0 aromatic heterocycles. The van der Waals surface area contributed by atoms with Crippen molar-refractivity contribution in [3.8, 4) is 0 Å². The number of hydrazine groups is 1. The van der Waals surface area contributed by atoms with Crippen LogP contribution in [0.4, 0.5) is 0 Å². The van der Waals surface area contributed by atoms with E-state index in [0.717, 1.165) is 51.9 Å². The zero-order valence-corrected chi connectivity index (χ0v) is 18.9. The van der Waals surface area contributed by atoms with Gasteiger partial charge in [0.2, 0.25) is 11.8 Å². The number of piperidine rings is 2. The van der Waals surface area contributed by atoms with Gasteiger partial charge in [-0.2, -0.15) is 0 Å². The number of hydrogen-bond donors (Lipinski definition) is 4. The smallest absolute Gasteiger partial charge is 0.241 e. The van der Waals surface area contributed by atoms with Crippen LogP contribution < -0.4 is 21.5 Å². The van der Waals surface area contributed by atoms with Gasteiger partial charge in [-0.3, -0.25) is 15.0 Å². The van der Waals surface area contributed by atoms with Crippen LogP contribution in [0.1, 0.15) is 51.4 Å². The number of nitrogens with zero attached hydrogens (tertiary/aromatic N) is 2. The molecule has 0 spiro atoms. The number of carbonyl (C=O) groups excluding carboxylic acids is 2. The van der Waals surface area contributed by atoms with Crippen molar-refractivity contribution in [1.82, 2.24) is 31.3 Å². The minimum Gasteiger partial charge on any atom is -0.344 e. The van der Waals surface area contributed by atoms with Crippen molar-refractivity contribution in [2.75, 3.05) is 39.8 Å². The summed E-state index contributed by atoms with van der Waals surface area (Å²) in [5, 5.41) is 7.04. The Morgan fingerprint density at radius 3 is 2.61 bits per heavy atom. The Kier molecular flexibility index (Phi) is 6.51. The number of rotatable bonds is 4. The summed E-state index contributed by atoms with van der Waals surface area (Å²) >= 11 is 0. The Morgan fingerprint density at radius 1 is 1.00 bits per heavy atom. The van der Waals surface area contributed by atoms with Gasteiger partial charge in [0.15, 0.2) is 0 Å². The first-order valence-corrected chi connectivity index (χ1v) is 12.6. The van der Waals surface area contributed by atoms with Crippen LogP contribution >= 0.6 is 0 Å². The van der Waals surface area contributed by atoms with E-state index in [1.807, 2.05) is 16.8 Å². The predicted molar refractivity (Wildman–Crippen MR) is 119 cm³/mol. The van der Waals surface area contributed by atoms with Gasteiger partial charge >= 0.3 is 0 Å². The second-order valence-electron chi connectivity index (χ2n) is 10.6. The molecule has 31 heavy (non-hydrogen) atoms. The molecule has 4 aliphatic heterocycles. The summed E-state index contributed by atoms with van der Waals surface area (Å²) in [5.41, 5.74) is 6.64. The van der Waals surface area contributed by atoms with E-state index in [2.05, 4.69) is 21.5 Å². The minimum atomic E-state index is -0.244. The molecule has 2 amide bonds. The van der Waals surface area contributed by atoms with Gasteiger partial charge in [-0.25, -0.2) is 5.43 Å². The fraction of sp³-hybridized carbons (Fsp3) is 0.913. The normalized spacial score (nSPS) is 38.5. The lowest BCUT2D eigenvalue weighted by Gasteiger charge is -2.38. The number of likely N-dealkylation sites (N-methyl/N-ethyl adjacent to an activating group) is 1. The first kappa shape index (κ1) is 21.6. The monoisotopic (exact) mass is 432 g/mol. The van der Waals surface area contributed by atoms with Gasteiger partial charge < -0.3 is 20.4 Å². The van der Waals surface area contributed by atoms with Gasteiger partial charge in [0.25, 0.3) is 0 Å². The average Bonchev–Trinajstić information content (AvgIpc) is 3.42. The average molecular weight is 433 g/mol. The minimum absolute atomic E-state index is 0.0243.